The van der Waals surface area contributed by atoms with E-state index in [1.165, 1.54) is 7.11 Å². The summed E-state index contributed by atoms with van der Waals surface area (Å²) in [5.74, 6) is 0.510. The maximum absolute atomic E-state index is 12.0. The molecule has 1 aromatic carbocycles. The van der Waals surface area contributed by atoms with Crippen molar-refractivity contribution >= 4 is 5.91 Å². The van der Waals surface area contributed by atoms with Crippen molar-refractivity contribution in [2.45, 2.75) is 45.8 Å². The molecule has 0 saturated carbocycles. The van der Waals surface area contributed by atoms with Gasteiger partial charge in [0.25, 0.3) is 0 Å². The number of hydrogen-bond acceptors (Lipinski definition) is 4. The van der Waals surface area contributed by atoms with Gasteiger partial charge in [-0.1, -0.05) is 6.07 Å². The molecule has 0 spiro atoms. The lowest BCUT2D eigenvalue weighted by Crippen LogP contribution is -2.49. The molecule has 2 N–H and O–H groups in total. The van der Waals surface area contributed by atoms with Crippen LogP contribution in [-0.2, 0) is 11.3 Å². The molecule has 1 amide bonds. The third kappa shape index (κ3) is 5.44. The number of amides is 1. The fraction of sp³-hybridized carbons (Fsp3) is 0.500. The van der Waals surface area contributed by atoms with Gasteiger partial charge in [0.1, 0.15) is 11.8 Å². The topological polar surface area (TPSA) is 74.2 Å². The first kappa shape index (κ1) is 17.0. The van der Waals surface area contributed by atoms with Crippen molar-refractivity contribution in [2.24, 2.45) is 0 Å². The van der Waals surface area contributed by atoms with Crippen LogP contribution in [0.3, 0.4) is 0 Å². The van der Waals surface area contributed by atoms with Crippen LogP contribution in [-0.4, -0.2) is 24.6 Å². The summed E-state index contributed by atoms with van der Waals surface area (Å²) < 4.78 is 5.10. The van der Waals surface area contributed by atoms with Crippen molar-refractivity contribution in [3.63, 3.8) is 0 Å². The number of methoxy groups -OCH3 is 1. The fourth-order valence-corrected chi connectivity index (χ4v) is 1.79. The molecule has 21 heavy (non-hydrogen) atoms. The molecule has 114 valence electrons. The monoisotopic (exact) mass is 289 g/mol. The van der Waals surface area contributed by atoms with Gasteiger partial charge in [-0.05, 0) is 45.4 Å². The second-order valence-corrected chi connectivity index (χ2v) is 5.99. The summed E-state index contributed by atoms with van der Waals surface area (Å²) in [5.41, 5.74) is 1.17. The van der Waals surface area contributed by atoms with Gasteiger partial charge in [0.05, 0.1) is 18.7 Å². The van der Waals surface area contributed by atoms with Crippen LogP contribution in [0.4, 0.5) is 0 Å². The zero-order valence-corrected chi connectivity index (χ0v) is 13.3. The van der Waals surface area contributed by atoms with Gasteiger partial charge in [-0.2, -0.15) is 5.26 Å². The van der Waals surface area contributed by atoms with Gasteiger partial charge in [0.2, 0.25) is 5.91 Å². The Balaban J connectivity index is 2.63. The minimum Gasteiger partial charge on any atom is -0.495 e. The third-order valence-corrected chi connectivity index (χ3v) is 2.89. The van der Waals surface area contributed by atoms with Crippen LogP contribution in [0.25, 0.3) is 0 Å². The Morgan fingerprint density at radius 3 is 2.62 bits per heavy atom. The van der Waals surface area contributed by atoms with Crippen molar-refractivity contribution in [3.8, 4) is 11.8 Å². The van der Waals surface area contributed by atoms with Crippen molar-refractivity contribution in [2.75, 3.05) is 7.11 Å². The maximum Gasteiger partial charge on any atom is 0.237 e. The van der Waals surface area contributed by atoms with Gasteiger partial charge < -0.3 is 15.4 Å². The Morgan fingerprint density at radius 2 is 2.10 bits per heavy atom. The molecular weight excluding hydrogens is 266 g/mol. The number of nitrogens with zero attached hydrogens (tertiary/aromatic N) is 1. The standard InChI is InChI=1S/C16H23N3O2/c1-11(15(20)19-16(2,3)4)18-10-12-6-7-14(21-5)13(8-12)9-17/h6-8,11,18H,10H2,1-5H3,(H,19,20). The van der Waals surface area contributed by atoms with Crippen LogP contribution < -0.4 is 15.4 Å². The minimum atomic E-state index is -0.308. The molecule has 1 rings (SSSR count). The quantitative estimate of drug-likeness (QED) is 0.869. The van der Waals surface area contributed by atoms with E-state index in [1.807, 2.05) is 33.8 Å². The molecule has 0 saturated heterocycles. The third-order valence-electron chi connectivity index (χ3n) is 2.89. The molecule has 0 heterocycles. The van der Waals surface area contributed by atoms with Gasteiger partial charge >= 0.3 is 0 Å². The molecule has 5 heteroatoms. The van der Waals surface area contributed by atoms with Crippen molar-refractivity contribution in [1.29, 1.82) is 5.26 Å². The zero-order chi connectivity index (χ0) is 16.0. The number of rotatable bonds is 5. The highest BCUT2D eigenvalue weighted by atomic mass is 16.5. The number of nitrogens with one attached hydrogen (secondary N) is 2. The molecule has 0 fully saturated rings. The summed E-state index contributed by atoms with van der Waals surface area (Å²) in [6.45, 7) is 8.16. The van der Waals surface area contributed by atoms with E-state index < -0.39 is 0 Å². The lowest BCUT2D eigenvalue weighted by molar-refractivity contribution is -0.124. The van der Waals surface area contributed by atoms with E-state index in [1.54, 1.807) is 12.1 Å². The Hall–Kier alpha value is -2.06. The summed E-state index contributed by atoms with van der Waals surface area (Å²) in [5, 5.41) is 15.1. The fourth-order valence-electron chi connectivity index (χ4n) is 1.79. The average Bonchev–Trinajstić information content (AvgIpc) is 2.42. The van der Waals surface area contributed by atoms with Gasteiger partial charge in [0.15, 0.2) is 0 Å². The van der Waals surface area contributed by atoms with Gasteiger partial charge in [0, 0.05) is 12.1 Å². The molecule has 0 bridgehead atoms. The van der Waals surface area contributed by atoms with Crippen LogP contribution in [0.5, 0.6) is 5.75 Å². The summed E-state index contributed by atoms with van der Waals surface area (Å²) in [6, 6.07) is 7.19. The summed E-state index contributed by atoms with van der Waals surface area (Å²) in [7, 11) is 1.53. The molecule has 0 aliphatic heterocycles. The van der Waals surface area contributed by atoms with E-state index in [4.69, 9.17) is 10.00 Å². The molecule has 0 aliphatic carbocycles. The Kier molecular flexibility index (Phi) is 5.74. The number of carbonyl (C=O) groups is 1. The first-order valence-corrected chi connectivity index (χ1v) is 6.89. The molecule has 0 radical (unpaired) electrons. The highest BCUT2D eigenvalue weighted by Gasteiger charge is 2.18. The summed E-state index contributed by atoms with van der Waals surface area (Å²) in [4.78, 5) is 12.0. The largest absolute Gasteiger partial charge is 0.495 e. The Labute approximate surface area is 126 Å². The van der Waals surface area contributed by atoms with E-state index in [9.17, 15) is 4.79 Å². The Morgan fingerprint density at radius 1 is 1.43 bits per heavy atom. The van der Waals surface area contributed by atoms with Gasteiger partial charge in [-0.3, -0.25) is 4.79 Å². The minimum absolute atomic E-state index is 0.0449. The maximum atomic E-state index is 12.0. The van der Waals surface area contributed by atoms with Gasteiger partial charge in [-0.25, -0.2) is 0 Å². The SMILES string of the molecule is COc1ccc(CNC(C)C(=O)NC(C)(C)C)cc1C#N. The first-order chi connectivity index (χ1) is 9.76. The van der Waals surface area contributed by atoms with E-state index in [2.05, 4.69) is 16.7 Å². The van der Waals surface area contributed by atoms with Crippen LogP contribution >= 0.6 is 0 Å². The number of benzene rings is 1. The van der Waals surface area contributed by atoms with Crippen molar-refractivity contribution in [3.05, 3.63) is 29.3 Å². The normalized spacial score (nSPS) is 12.4. The highest BCUT2D eigenvalue weighted by molar-refractivity contribution is 5.81. The van der Waals surface area contributed by atoms with E-state index in [0.29, 0.717) is 17.9 Å². The first-order valence-electron chi connectivity index (χ1n) is 6.89. The zero-order valence-electron chi connectivity index (χ0n) is 13.3. The van der Waals surface area contributed by atoms with E-state index >= 15 is 0 Å². The molecule has 1 atom stereocenters. The molecule has 1 aromatic rings. The average molecular weight is 289 g/mol. The van der Waals surface area contributed by atoms with Crippen molar-refractivity contribution < 1.29 is 9.53 Å². The molecule has 0 aliphatic rings. The predicted octanol–water partition coefficient (Wildman–Crippen LogP) is 1.96. The lowest BCUT2D eigenvalue weighted by Gasteiger charge is -2.23. The molecule has 1 unspecified atom stereocenters. The predicted molar refractivity (Wildman–Crippen MR) is 81.9 cm³/mol. The van der Waals surface area contributed by atoms with Crippen LogP contribution in [0.2, 0.25) is 0 Å². The van der Waals surface area contributed by atoms with E-state index in [-0.39, 0.29) is 17.5 Å². The number of nitriles is 1. The lowest BCUT2D eigenvalue weighted by atomic mass is 10.1. The van der Waals surface area contributed by atoms with Gasteiger partial charge in [-0.15, -0.1) is 0 Å². The number of ether oxygens (including phenoxy) is 1. The summed E-state index contributed by atoms with van der Waals surface area (Å²) in [6.07, 6.45) is 0. The molecule has 0 aromatic heterocycles. The van der Waals surface area contributed by atoms with E-state index in [0.717, 1.165) is 5.56 Å². The Bertz CT molecular complexity index is 541. The number of hydrogen-bond donors (Lipinski definition) is 2. The molecule has 5 nitrogen and oxygen atoms in total. The van der Waals surface area contributed by atoms with Crippen molar-refractivity contribution in [1.82, 2.24) is 10.6 Å². The highest BCUT2D eigenvalue weighted by Crippen LogP contribution is 2.18. The van der Waals surface area contributed by atoms with Crippen LogP contribution in [0.15, 0.2) is 18.2 Å². The molecular formula is C16H23N3O2. The van der Waals surface area contributed by atoms with Crippen LogP contribution in [0.1, 0.15) is 38.8 Å². The number of carbonyl (C=O) groups excluding carboxylic acids is 1. The second kappa shape index (κ2) is 7.09. The van der Waals surface area contributed by atoms with Crippen LogP contribution in [0, 0.1) is 11.3 Å². The smallest absolute Gasteiger partial charge is 0.237 e. The second-order valence-electron chi connectivity index (χ2n) is 5.99. The summed E-state index contributed by atoms with van der Waals surface area (Å²) >= 11 is 0.